The Labute approximate surface area is 116 Å². The van der Waals surface area contributed by atoms with Gasteiger partial charge in [0.2, 0.25) is 0 Å². The molecule has 0 saturated heterocycles. The van der Waals surface area contributed by atoms with Crippen molar-refractivity contribution in [1.82, 2.24) is 4.57 Å². The lowest BCUT2D eigenvalue weighted by atomic mass is 10.1. The predicted molar refractivity (Wildman–Crippen MR) is 72.6 cm³/mol. The minimum atomic E-state index is -0.918. The summed E-state index contributed by atoms with van der Waals surface area (Å²) in [5, 5.41) is 9.29. The maximum Gasteiger partial charge on any atom is 0.337 e. The number of hydrogen-bond donors (Lipinski definition) is 1. The van der Waals surface area contributed by atoms with E-state index in [1.54, 1.807) is 13.3 Å². The van der Waals surface area contributed by atoms with Crippen molar-refractivity contribution in [2.24, 2.45) is 0 Å². The number of rotatable bonds is 3. The molecule has 2 heterocycles. The molecular formula is C15H15NO4. The Morgan fingerprint density at radius 3 is 2.75 bits per heavy atom. The van der Waals surface area contributed by atoms with Gasteiger partial charge in [0.15, 0.2) is 0 Å². The van der Waals surface area contributed by atoms with E-state index in [-0.39, 0.29) is 0 Å². The summed E-state index contributed by atoms with van der Waals surface area (Å²) in [5.41, 5.74) is 3.03. The Balaban J connectivity index is 2.10. The highest BCUT2D eigenvalue weighted by atomic mass is 16.5. The SMILES string of the molecule is COc1ccc(-n2cc(C(=O)O)c3c2CCOC3)cc1. The number of aromatic carboxylic acids is 1. The lowest BCUT2D eigenvalue weighted by Crippen LogP contribution is -2.13. The van der Waals surface area contributed by atoms with Crippen LogP contribution in [0.4, 0.5) is 0 Å². The molecule has 0 unspecified atom stereocenters. The zero-order chi connectivity index (χ0) is 14.1. The quantitative estimate of drug-likeness (QED) is 0.931. The largest absolute Gasteiger partial charge is 0.497 e. The topological polar surface area (TPSA) is 60.7 Å². The normalized spacial score (nSPS) is 13.8. The summed E-state index contributed by atoms with van der Waals surface area (Å²) in [6.45, 7) is 0.979. The second kappa shape index (κ2) is 5.02. The highest BCUT2D eigenvalue weighted by Gasteiger charge is 2.23. The molecule has 0 saturated carbocycles. The van der Waals surface area contributed by atoms with Crippen molar-refractivity contribution >= 4 is 5.97 Å². The first kappa shape index (κ1) is 12.7. The standard InChI is InChI=1S/C15H15NO4/c1-19-11-4-2-10(3-5-11)16-8-12(15(17)18)13-9-20-7-6-14(13)16/h2-5,8H,6-7,9H2,1H3,(H,17,18). The van der Waals surface area contributed by atoms with E-state index in [2.05, 4.69) is 0 Å². The fourth-order valence-electron chi connectivity index (χ4n) is 2.52. The molecule has 2 aromatic rings. The van der Waals surface area contributed by atoms with Crippen LogP contribution in [0.1, 0.15) is 21.6 Å². The molecule has 0 amide bonds. The van der Waals surface area contributed by atoms with E-state index in [4.69, 9.17) is 9.47 Å². The molecule has 104 valence electrons. The van der Waals surface area contributed by atoms with Crippen molar-refractivity contribution in [2.75, 3.05) is 13.7 Å². The van der Waals surface area contributed by atoms with Crippen molar-refractivity contribution in [1.29, 1.82) is 0 Å². The van der Waals surface area contributed by atoms with Gasteiger partial charge in [-0.2, -0.15) is 0 Å². The molecule has 0 spiro atoms. The van der Waals surface area contributed by atoms with Crippen molar-refractivity contribution in [3.63, 3.8) is 0 Å². The zero-order valence-electron chi connectivity index (χ0n) is 11.1. The molecular weight excluding hydrogens is 258 g/mol. The molecule has 5 nitrogen and oxygen atoms in total. The van der Waals surface area contributed by atoms with E-state index >= 15 is 0 Å². The van der Waals surface area contributed by atoms with Crippen LogP contribution in [0.3, 0.4) is 0 Å². The van der Waals surface area contributed by atoms with Crippen LogP contribution in [-0.4, -0.2) is 29.4 Å². The molecule has 1 aromatic heterocycles. The van der Waals surface area contributed by atoms with Crippen LogP contribution in [0.2, 0.25) is 0 Å². The number of fused-ring (bicyclic) bond motifs is 1. The molecule has 1 aliphatic rings. The van der Waals surface area contributed by atoms with Gasteiger partial charge in [-0.05, 0) is 24.3 Å². The molecule has 1 N–H and O–H groups in total. The molecule has 3 rings (SSSR count). The van der Waals surface area contributed by atoms with Crippen molar-refractivity contribution in [3.8, 4) is 11.4 Å². The average Bonchev–Trinajstić information content (AvgIpc) is 2.87. The molecule has 0 atom stereocenters. The van der Waals surface area contributed by atoms with E-state index < -0.39 is 5.97 Å². The van der Waals surface area contributed by atoms with Gasteiger partial charge in [0.05, 0.1) is 25.9 Å². The van der Waals surface area contributed by atoms with E-state index in [0.29, 0.717) is 25.2 Å². The van der Waals surface area contributed by atoms with Crippen LogP contribution < -0.4 is 4.74 Å². The van der Waals surface area contributed by atoms with Crippen LogP contribution in [0.5, 0.6) is 5.75 Å². The summed E-state index contributed by atoms with van der Waals surface area (Å²) >= 11 is 0. The summed E-state index contributed by atoms with van der Waals surface area (Å²) in [7, 11) is 1.62. The summed E-state index contributed by atoms with van der Waals surface area (Å²) < 4.78 is 12.4. The number of ether oxygens (including phenoxy) is 2. The van der Waals surface area contributed by atoms with Gasteiger partial charge >= 0.3 is 5.97 Å². The number of hydrogen-bond acceptors (Lipinski definition) is 3. The number of carboxylic acid groups (broad SMARTS) is 1. The minimum Gasteiger partial charge on any atom is -0.497 e. The highest BCUT2D eigenvalue weighted by molar-refractivity contribution is 5.90. The first-order valence-electron chi connectivity index (χ1n) is 6.39. The fourth-order valence-corrected chi connectivity index (χ4v) is 2.52. The maximum absolute atomic E-state index is 11.3. The number of carboxylic acids is 1. The molecule has 5 heteroatoms. The third-order valence-electron chi connectivity index (χ3n) is 3.53. The number of methoxy groups -OCH3 is 1. The third-order valence-corrected chi connectivity index (χ3v) is 3.53. The highest BCUT2D eigenvalue weighted by Crippen LogP contribution is 2.27. The van der Waals surface area contributed by atoms with E-state index in [0.717, 1.165) is 22.7 Å². The molecule has 1 aromatic carbocycles. The average molecular weight is 273 g/mol. The monoisotopic (exact) mass is 273 g/mol. The molecule has 0 fully saturated rings. The van der Waals surface area contributed by atoms with Gasteiger partial charge in [-0.25, -0.2) is 4.79 Å². The Morgan fingerprint density at radius 1 is 1.35 bits per heavy atom. The van der Waals surface area contributed by atoms with Gasteiger partial charge in [0, 0.05) is 29.6 Å². The van der Waals surface area contributed by atoms with E-state index in [1.807, 2.05) is 28.8 Å². The van der Waals surface area contributed by atoms with E-state index in [9.17, 15) is 9.90 Å². The number of nitrogens with zero attached hydrogens (tertiary/aromatic N) is 1. The van der Waals surface area contributed by atoms with Gasteiger partial charge in [-0.1, -0.05) is 0 Å². The van der Waals surface area contributed by atoms with Gasteiger partial charge in [-0.15, -0.1) is 0 Å². The Kier molecular flexibility index (Phi) is 3.20. The third kappa shape index (κ3) is 2.06. The second-order valence-electron chi connectivity index (χ2n) is 4.64. The Bertz CT molecular complexity index is 643. The lowest BCUT2D eigenvalue weighted by molar-refractivity contribution is 0.0684. The predicted octanol–water partition coefficient (Wildman–Crippen LogP) is 2.26. The maximum atomic E-state index is 11.3. The van der Waals surface area contributed by atoms with Crippen molar-refractivity contribution in [3.05, 3.63) is 47.3 Å². The zero-order valence-corrected chi connectivity index (χ0v) is 11.1. The number of aromatic nitrogens is 1. The van der Waals surface area contributed by atoms with Crippen LogP contribution in [-0.2, 0) is 17.8 Å². The van der Waals surface area contributed by atoms with Crippen LogP contribution in [0.15, 0.2) is 30.5 Å². The van der Waals surface area contributed by atoms with Crippen molar-refractivity contribution < 1.29 is 19.4 Å². The molecule has 0 bridgehead atoms. The van der Waals surface area contributed by atoms with Gasteiger partial charge in [0.1, 0.15) is 5.75 Å². The van der Waals surface area contributed by atoms with Crippen LogP contribution in [0, 0.1) is 0 Å². The van der Waals surface area contributed by atoms with Crippen molar-refractivity contribution in [2.45, 2.75) is 13.0 Å². The fraction of sp³-hybridized carbons (Fsp3) is 0.267. The lowest BCUT2D eigenvalue weighted by Gasteiger charge is -2.16. The Hall–Kier alpha value is -2.27. The summed E-state index contributed by atoms with van der Waals surface area (Å²) in [5.74, 6) is -0.143. The van der Waals surface area contributed by atoms with E-state index in [1.165, 1.54) is 0 Å². The first-order chi connectivity index (χ1) is 9.70. The summed E-state index contributed by atoms with van der Waals surface area (Å²) in [6.07, 6.45) is 2.39. The summed E-state index contributed by atoms with van der Waals surface area (Å²) in [6, 6.07) is 7.56. The van der Waals surface area contributed by atoms with Gasteiger partial charge in [0.25, 0.3) is 0 Å². The molecule has 0 radical (unpaired) electrons. The molecule has 20 heavy (non-hydrogen) atoms. The molecule has 0 aliphatic carbocycles. The smallest absolute Gasteiger partial charge is 0.337 e. The van der Waals surface area contributed by atoms with Gasteiger partial charge < -0.3 is 19.1 Å². The summed E-state index contributed by atoms with van der Waals surface area (Å²) in [4.78, 5) is 11.3. The first-order valence-corrected chi connectivity index (χ1v) is 6.39. The minimum absolute atomic E-state index is 0.315. The number of carbonyl (C=O) groups is 1. The van der Waals surface area contributed by atoms with Crippen LogP contribution in [0.25, 0.3) is 5.69 Å². The molecule has 1 aliphatic heterocycles. The van der Waals surface area contributed by atoms with Gasteiger partial charge in [-0.3, -0.25) is 0 Å². The van der Waals surface area contributed by atoms with Crippen LogP contribution >= 0.6 is 0 Å². The number of benzene rings is 1. The Morgan fingerprint density at radius 2 is 2.10 bits per heavy atom. The second-order valence-corrected chi connectivity index (χ2v) is 4.64.